The summed E-state index contributed by atoms with van der Waals surface area (Å²) in [5, 5.41) is 4.93. The lowest BCUT2D eigenvalue weighted by Gasteiger charge is -2.33. The van der Waals surface area contributed by atoms with Gasteiger partial charge in [0.2, 0.25) is 8.07 Å². The normalized spacial score (nSPS) is 11.2. The number of aromatic nitrogens is 2. The standard InChI is InChI=1S/C28H22N2Si/c1-5-13-23(14-6-1)27-21-29-22-28(30-27)31(24-15-7-2-8-16-24,25-17-9-3-10-18-25)26-19-11-4-12-20-26/h1-22H. The topological polar surface area (TPSA) is 25.8 Å². The zero-order valence-corrected chi connectivity index (χ0v) is 18.1. The van der Waals surface area contributed by atoms with Crippen molar-refractivity contribution in [2.45, 2.75) is 0 Å². The molecule has 1 heterocycles. The van der Waals surface area contributed by atoms with Crippen LogP contribution in [0.3, 0.4) is 0 Å². The lowest BCUT2D eigenvalue weighted by molar-refractivity contribution is 1.24. The van der Waals surface area contributed by atoms with E-state index in [9.17, 15) is 0 Å². The molecule has 0 spiro atoms. The van der Waals surface area contributed by atoms with Crippen LogP contribution in [-0.4, -0.2) is 18.0 Å². The fraction of sp³-hybridized carbons (Fsp3) is 0. The van der Waals surface area contributed by atoms with E-state index in [1.807, 2.05) is 30.6 Å². The lowest BCUT2D eigenvalue weighted by Crippen LogP contribution is -2.75. The van der Waals surface area contributed by atoms with Crippen LogP contribution in [0.2, 0.25) is 0 Å². The van der Waals surface area contributed by atoms with Gasteiger partial charge in [-0.1, -0.05) is 121 Å². The quantitative estimate of drug-likeness (QED) is 0.325. The second-order valence-electron chi connectivity index (χ2n) is 7.50. The summed E-state index contributed by atoms with van der Waals surface area (Å²) < 4.78 is 0. The number of hydrogen-bond acceptors (Lipinski definition) is 2. The molecule has 148 valence electrons. The summed E-state index contributed by atoms with van der Waals surface area (Å²) in [6.07, 6.45) is 3.82. The summed E-state index contributed by atoms with van der Waals surface area (Å²) in [7, 11) is -2.64. The molecule has 0 N–H and O–H groups in total. The van der Waals surface area contributed by atoms with Crippen molar-refractivity contribution in [3.8, 4) is 11.3 Å². The summed E-state index contributed by atoms with van der Waals surface area (Å²) in [5.74, 6) is 0. The summed E-state index contributed by atoms with van der Waals surface area (Å²) in [5.41, 5.74) is 1.98. The average Bonchev–Trinajstić information content (AvgIpc) is 2.87. The van der Waals surface area contributed by atoms with Crippen molar-refractivity contribution in [1.29, 1.82) is 0 Å². The minimum Gasteiger partial charge on any atom is -0.261 e. The molecule has 0 fully saturated rings. The van der Waals surface area contributed by atoms with Gasteiger partial charge in [-0.15, -0.1) is 0 Å². The second kappa shape index (κ2) is 8.50. The van der Waals surface area contributed by atoms with E-state index < -0.39 is 8.07 Å². The Hall–Kier alpha value is -3.82. The van der Waals surface area contributed by atoms with Crippen molar-refractivity contribution in [3.05, 3.63) is 134 Å². The van der Waals surface area contributed by atoms with E-state index in [-0.39, 0.29) is 0 Å². The third-order valence-corrected chi connectivity index (χ3v) is 10.3. The molecule has 4 aromatic carbocycles. The average molecular weight is 415 g/mol. The van der Waals surface area contributed by atoms with Gasteiger partial charge in [0.15, 0.2) is 0 Å². The first-order valence-corrected chi connectivity index (χ1v) is 12.4. The highest BCUT2D eigenvalue weighted by atomic mass is 28.3. The fourth-order valence-electron chi connectivity index (χ4n) is 4.30. The van der Waals surface area contributed by atoms with Crippen LogP contribution in [0.5, 0.6) is 0 Å². The molecule has 0 saturated heterocycles. The maximum Gasteiger partial charge on any atom is 0.203 e. The minimum absolute atomic E-state index is 0.901. The number of nitrogens with zero attached hydrogens (tertiary/aromatic N) is 2. The van der Waals surface area contributed by atoms with Gasteiger partial charge in [0, 0.05) is 11.8 Å². The molecule has 0 radical (unpaired) electrons. The molecule has 5 rings (SSSR count). The van der Waals surface area contributed by atoms with Gasteiger partial charge in [-0.3, -0.25) is 9.97 Å². The lowest BCUT2D eigenvalue weighted by atomic mass is 10.2. The van der Waals surface area contributed by atoms with Crippen LogP contribution in [0.25, 0.3) is 11.3 Å². The highest BCUT2D eigenvalue weighted by molar-refractivity contribution is 7.19. The Morgan fingerprint density at radius 2 is 0.871 bits per heavy atom. The summed E-state index contributed by atoms with van der Waals surface area (Å²) >= 11 is 0. The molecule has 3 heteroatoms. The van der Waals surface area contributed by atoms with Crippen LogP contribution in [0.4, 0.5) is 0 Å². The Morgan fingerprint density at radius 3 is 1.32 bits per heavy atom. The monoisotopic (exact) mass is 414 g/mol. The van der Waals surface area contributed by atoms with Gasteiger partial charge in [-0.05, 0) is 15.6 Å². The van der Waals surface area contributed by atoms with Crippen LogP contribution in [0.1, 0.15) is 0 Å². The molecule has 0 saturated carbocycles. The van der Waals surface area contributed by atoms with Gasteiger partial charge >= 0.3 is 0 Å². The third-order valence-electron chi connectivity index (χ3n) is 5.71. The van der Waals surface area contributed by atoms with Crippen LogP contribution in [0, 0.1) is 0 Å². The van der Waals surface area contributed by atoms with Crippen molar-refractivity contribution >= 4 is 29.0 Å². The van der Waals surface area contributed by atoms with Gasteiger partial charge in [0.05, 0.1) is 17.2 Å². The molecule has 0 atom stereocenters. The summed E-state index contributed by atoms with van der Waals surface area (Å²) in [6.45, 7) is 0. The minimum atomic E-state index is -2.64. The van der Waals surface area contributed by atoms with Gasteiger partial charge in [-0.2, -0.15) is 0 Å². The highest BCUT2D eigenvalue weighted by Crippen LogP contribution is 2.15. The van der Waals surface area contributed by atoms with Gasteiger partial charge < -0.3 is 0 Å². The predicted molar refractivity (Wildman–Crippen MR) is 131 cm³/mol. The van der Waals surface area contributed by atoms with Crippen LogP contribution in [-0.2, 0) is 0 Å². The zero-order chi connectivity index (χ0) is 20.9. The van der Waals surface area contributed by atoms with E-state index in [0.717, 1.165) is 16.6 Å². The van der Waals surface area contributed by atoms with E-state index >= 15 is 0 Å². The van der Waals surface area contributed by atoms with E-state index in [0.29, 0.717) is 0 Å². The molecule has 0 aliphatic heterocycles. The highest BCUT2D eigenvalue weighted by Gasteiger charge is 2.43. The van der Waals surface area contributed by atoms with Crippen molar-refractivity contribution in [2.24, 2.45) is 0 Å². The molecule has 0 amide bonds. The largest absolute Gasteiger partial charge is 0.261 e. The second-order valence-corrected chi connectivity index (χ2v) is 11.2. The first-order valence-electron chi connectivity index (χ1n) is 10.4. The molecule has 0 unspecified atom stereocenters. The number of benzene rings is 4. The summed E-state index contributed by atoms with van der Waals surface area (Å²) in [4.78, 5) is 9.92. The van der Waals surface area contributed by atoms with Crippen molar-refractivity contribution in [2.75, 3.05) is 0 Å². The van der Waals surface area contributed by atoms with Gasteiger partial charge in [0.25, 0.3) is 0 Å². The maximum absolute atomic E-state index is 5.24. The Morgan fingerprint density at radius 1 is 0.452 bits per heavy atom. The van der Waals surface area contributed by atoms with E-state index in [1.54, 1.807) is 0 Å². The zero-order valence-electron chi connectivity index (χ0n) is 17.1. The third kappa shape index (κ3) is 3.49. The van der Waals surface area contributed by atoms with Crippen molar-refractivity contribution in [3.63, 3.8) is 0 Å². The molecule has 31 heavy (non-hydrogen) atoms. The number of rotatable bonds is 5. The predicted octanol–water partition coefficient (Wildman–Crippen LogP) is 3.52. The summed E-state index contributed by atoms with van der Waals surface area (Å²) in [6, 6.07) is 42.7. The molecule has 0 aliphatic carbocycles. The molecular weight excluding hydrogens is 392 g/mol. The fourth-order valence-corrected chi connectivity index (χ4v) is 8.82. The van der Waals surface area contributed by atoms with Gasteiger partial charge in [0.1, 0.15) is 0 Å². The van der Waals surface area contributed by atoms with Crippen LogP contribution < -0.4 is 20.9 Å². The molecule has 2 nitrogen and oxygen atoms in total. The van der Waals surface area contributed by atoms with Crippen molar-refractivity contribution in [1.82, 2.24) is 9.97 Å². The van der Waals surface area contributed by atoms with E-state index in [2.05, 4.69) is 108 Å². The van der Waals surface area contributed by atoms with Gasteiger partial charge in [-0.25, -0.2) is 0 Å². The van der Waals surface area contributed by atoms with Crippen LogP contribution >= 0.6 is 0 Å². The van der Waals surface area contributed by atoms with E-state index in [1.165, 1.54) is 15.6 Å². The SMILES string of the molecule is c1ccc(-c2cncc([Si](c3ccccc3)(c3ccccc3)c3ccccc3)n2)cc1. The number of hydrogen-bond donors (Lipinski definition) is 0. The molecule has 5 aromatic rings. The molecule has 0 bridgehead atoms. The molecular formula is C28H22N2Si. The first-order chi connectivity index (χ1) is 15.4. The Balaban J connectivity index is 1.85. The maximum atomic E-state index is 5.24. The Labute approximate surface area is 183 Å². The van der Waals surface area contributed by atoms with Crippen LogP contribution in [0.15, 0.2) is 134 Å². The first kappa shape index (κ1) is 19.2. The van der Waals surface area contributed by atoms with Crippen molar-refractivity contribution < 1.29 is 0 Å². The molecule has 0 aliphatic rings. The smallest absolute Gasteiger partial charge is 0.203 e. The Bertz CT molecular complexity index is 1160. The van der Waals surface area contributed by atoms with E-state index in [4.69, 9.17) is 4.98 Å². The Kier molecular flexibility index (Phi) is 5.25. The molecule has 1 aromatic heterocycles.